The van der Waals surface area contributed by atoms with E-state index >= 15 is 0 Å². The second-order valence-electron chi connectivity index (χ2n) is 8.02. The van der Waals surface area contributed by atoms with Gasteiger partial charge < -0.3 is 25.0 Å². The number of hydrogen-bond acceptors (Lipinski definition) is 5. The lowest BCUT2D eigenvalue weighted by Gasteiger charge is -2.42. The van der Waals surface area contributed by atoms with E-state index in [0.29, 0.717) is 36.4 Å². The summed E-state index contributed by atoms with van der Waals surface area (Å²) in [6.07, 6.45) is 3.12. The van der Waals surface area contributed by atoms with Gasteiger partial charge in [-0.25, -0.2) is 0 Å². The molecule has 1 saturated carbocycles. The van der Waals surface area contributed by atoms with E-state index in [1.54, 1.807) is 37.2 Å². The Morgan fingerprint density at radius 3 is 2.72 bits per heavy atom. The van der Waals surface area contributed by atoms with Crippen LogP contribution in [0.25, 0.3) is 0 Å². The molecule has 8 nitrogen and oxygen atoms in total. The van der Waals surface area contributed by atoms with Crippen LogP contribution in [0.5, 0.6) is 5.75 Å². The minimum Gasteiger partial charge on any atom is -0.490 e. The summed E-state index contributed by atoms with van der Waals surface area (Å²) in [4.78, 5) is 38.6. The van der Waals surface area contributed by atoms with Gasteiger partial charge in [-0.1, -0.05) is 0 Å². The molecule has 2 aliphatic heterocycles. The number of anilines is 1. The number of rotatable bonds is 4. The minimum absolute atomic E-state index is 0.000388. The zero-order valence-corrected chi connectivity index (χ0v) is 16.8. The van der Waals surface area contributed by atoms with Crippen LogP contribution in [0.2, 0.25) is 0 Å². The number of fused-ring (bicyclic) bond motifs is 2. The highest BCUT2D eigenvalue weighted by molar-refractivity contribution is 6.00. The molecular formula is C21H27N3O5. The van der Waals surface area contributed by atoms with Gasteiger partial charge in [0.1, 0.15) is 18.5 Å². The van der Waals surface area contributed by atoms with Gasteiger partial charge >= 0.3 is 0 Å². The van der Waals surface area contributed by atoms with E-state index in [0.717, 1.165) is 19.3 Å². The van der Waals surface area contributed by atoms with Crippen LogP contribution in [0, 0.1) is 5.92 Å². The van der Waals surface area contributed by atoms with Crippen molar-refractivity contribution in [1.82, 2.24) is 10.2 Å². The van der Waals surface area contributed by atoms with Gasteiger partial charge in [-0.15, -0.1) is 0 Å². The zero-order chi connectivity index (χ0) is 20.5. The van der Waals surface area contributed by atoms with Crippen molar-refractivity contribution >= 4 is 23.4 Å². The number of nitrogens with one attached hydrogen (secondary N) is 2. The maximum Gasteiger partial charge on any atom is 0.257 e. The summed E-state index contributed by atoms with van der Waals surface area (Å²) in [5.74, 6) is 0.345. The SMILES string of the molecule is CNC(=O)C[C@@H]1CC[C@@H]2[C@@H](COc3ccc(NC(=O)C4CC4)cc3C(=O)N2C)O1. The number of hydrogen-bond donors (Lipinski definition) is 2. The average molecular weight is 401 g/mol. The van der Waals surface area contributed by atoms with Crippen molar-refractivity contribution in [2.45, 2.75) is 50.4 Å². The third kappa shape index (κ3) is 4.22. The first kappa shape index (κ1) is 19.7. The summed E-state index contributed by atoms with van der Waals surface area (Å²) < 4.78 is 12.0. The number of carbonyl (C=O) groups is 3. The highest BCUT2D eigenvalue weighted by atomic mass is 16.5. The van der Waals surface area contributed by atoms with Crippen LogP contribution in [-0.2, 0) is 14.3 Å². The van der Waals surface area contributed by atoms with E-state index in [2.05, 4.69) is 10.6 Å². The number of benzene rings is 1. The quantitative estimate of drug-likeness (QED) is 0.798. The van der Waals surface area contributed by atoms with Gasteiger partial charge in [0.05, 0.1) is 24.1 Å². The summed E-state index contributed by atoms with van der Waals surface area (Å²) in [5.41, 5.74) is 1.04. The number of carbonyl (C=O) groups excluding carboxylic acids is 3. The first-order valence-corrected chi connectivity index (χ1v) is 10.2. The minimum atomic E-state index is -0.297. The van der Waals surface area contributed by atoms with Crippen molar-refractivity contribution in [3.63, 3.8) is 0 Å². The second-order valence-corrected chi connectivity index (χ2v) is 8.02. The maximum absolute atomic E-state index is 13.1. The number of amides is 3. The molecule has 0 spiro atoms. The van der Waals surface area contributed by atoms with Crippen molar-refractivity contribution in [2.75, 3.05) is 26.0 Å². The molecule has 4 rings (SSSR count). The molecule has 0 bridgehead atoms. The molecule has 1 aromatic carbocycles. The maximum atomic E-state index is 13.1. The van der Waals surface area contributed by atoms with Gasteiger partial charge in [-0.05, 0) is 43.9 Å². The van der Waals surface area contributed by atoms with Crippen molar-refractivity contribution < 1.29 is 23.9 Å². The lowest BCUT2D eigenvalue weighted by atomic mass is 9.94. The van der Waals surface area contributed by atoms with Crippen LogP contribution in [0.1, 0.15) is 42.5 Å². The van der Waals surface area contributed by atoms with Gasteiger partial charge in [0.25, 0.3) is 5.91 Å². The Hall–Kier alpha value is -2.61. The summed E-state index contributed by atoms with van der Waals surface area (Å²) >= 11 is 0. The summed E-state index contributed by atoms with van der Waals surface area (Å²) in [5, 5.41) is 5.50. The lowest BCUT2D eigenvalue weighted by molar-refractivity contribution is -0.133. The van der Waals surface area contributed by atoms with Crippen LogP contribution in [0.15, 0.2) is 18.2 Å². The molecule has 2 heterocycles. The third-order valence-corrected chi connectivity index (χ3v) is 5.92. The first-order chi connectivity index (χ1) is 14.0. The fraction of sp³-hybridized carbons (Fsp3) is 0.571. The molecule has 2 fully saturated rings. The van der Waals surface area contributed by atoms with Crippen LogP contribution >= 0.6 is 0 Å². The number of nitrogens with zero attached hydrogens (tertiary/aromatic N) is 1. The molecular weight excluding hydrogens is 374 g/mol. The highest BCUT2D eigenvalue weighted by Gasteiger charge is 2.39. The van der Waals surface area contributed by atoms with Crippen molar-refractivity contribution in [3.05, 3.63) is 23.8 Å². The van der Waals surface area contributed by atoms with Crippen molar-refractivity contribution in [3.8, 4) is 5.75 Å². The topological polar surface area (TPSA) is 97.0 Å². The molecule has 3 amide bonds. The molecule has 3 atom stereocenters. The Morgan fingerprint density at radius 1 is 1.21 bits per heavy atom. The Bertz CT molecular complexity index is 823. The fourth-order valence-electron chi connectivity index (χ4n) is 4.00. The van der Waals surface area contributed by atoms with E-state index in [1.165, 1.54) is 0 Å². The monoisotopic (exact) mass is 401 g/mol. The van der Waals surface area contributed by atoms with Gasteiger partial charge in [-0.3, -0.25) is 14.4 Å². The molecule has 8 heteroatoms. The van der Waals surface area contributed by atoms with E-state index < -0.39 is 0 Å². The number of likely N-dealkylation sites (N-methyl/N-ethyl adjacent to an activating group) is 1. The summed E-state index contributed by atoms with van der Waals surface area (Å²) in [7, 11) is 3.38. The summed E-state index contributed by atoms with van der Waals surface area (Å²) in [6.45, 7) is 0.299. The highest BCUT2D eigenvalue weighted by Crippen LogP contribution is 2.34. The Kier molecular flexibility index (Phi) is 5.45. The standard InChI is InChI=1S/C21H27N3O5/c1-22-19(25)10-14-6-7-16-18(29-14)11-28-17-8-5-13(23-20(26)12-3-4-12)9-15(17)21(27)24(16)2/h5,8-9,12,14,16,18H,3-4,6-7,10-11H2,1-2H3,(H,22,25)(H,23,26)/t14-,16+,18+/m0/s1. The van der Waals surface area contributed by atoms with Crippen molar-refractivity contribution in [2.24, 2.45) is 5.92 Å². The molecule has 156 valence electrons. The second kappa shape index (κ2) is 8.02. The molecule has 2 N–H and O–H groups in total. The average Bonchev–Trinajstić information content (AvgIpc) is 3.56. The molecule has 1 aliphatic carbocycles. The third-order valence-electron chi connectivity index (χ3n) is 5.92. The van der Waals surface area contributed by atoms with Gasteiger partial charge in [0.15, 0.2) is 0 Å². The Balaban J connectivity index is 1.51. The van der Waals surface area contributed by atoms with E-state index in [-0.39, 0.29) is 41.9 Å². The predicted molar refractivity (Wildman–Crippen MR) is 106 cm³/mol. The molecule has 1 saturated heterocycles. The largest absolute Gasteiger partial charge is 0.490 e. The molecule has 0 aromatic heterocycles. The van der Waals surface area contributed by atoms with Gasteiger partial charge in [-0.2, -0.15) is 0 Å². The lowest BCUT2D eigenvalue weighted by Crippen LogP contribution is -2.53. The Labute approximate surface area is 169 Å². The van der Waals surface area contributed by atoms with E-state index in [1.807, 2.05) is 0 Å². The Morgan fingerprint density at radius 2 is 2.00 bits per heavy atom. The first-order valence-electron chi connectivity index (χ1n) is 10.2. The number of ether oxygens (including phenoxy) is 2. The molecule has 29 heavy (non-hydrogen) atoms. The molecule has 0 unspecified atom stereocenters. The zero-order valence-electron chi connectivity index (χ0n) is 16.8. The molecule has 0 radical (unpaired) electrons. The fourth-order valence-corrected chi connectivity index (χ4v) is 4.00. The smallest absolute Gasteiger partial charge is 0.257 e. The van der Waals surface area contributed by atoms with E-state index in [4.69, 9.17) is 9.47 Å². The van der Waals surface area contributed by atoms with Crippen LogP contribution in [0.4, 0.5) is 5.69 Å². The normalized spacial score (nSPS) is 26.3. The predicted octanol–water partition coefficient (Wildman–Crippen LogP) is 1.55. The summed E-state index contributed by atoms with van der Waals surface area (Å²) in [6, 6.07) is 5.03. The van der Waals surface area contributed by atoms with Crippen LogP contribution in [-0.4, -0.2) is 61.6 Å². The van der Waals surface area contributed by atoms with Gasteiger partial charge in [0.2, 0.25) is 11.8 Å². The van der Waals surface area contributed by atoms with Crippen LogP contribution < -0.4 is 15.4 Å². The van der Waals surface area contributed by atoms with Crippen LogP contribution in [0.3, 0.4) is 0 Å². The van der Waals surface area contributed by atoms with E-state index in [9.17, 15) is 14.4 Å². The van der Waals surface area contributed by atoms with Gasteiger partial charge in [0, 0.05) is 25.7 Å². The molecule has 3 aliphatic rings. The van der Waals surface area contributed by atoms with Crippen molar-refractivity contribution in [1.29, 1.82) is 0 Å². The molecule has 1 aromatic rings.